The summed E-state index contributed by atoms with van der Waals surface area (Å²) in [4.78, 5) is 27.8. The number of carbonyl (C=O) groups is 1. The van der Waals surface area contributed by atoms with Gasteiger partial charge in [0.05, 0.1) is 36.9 Å². The molecular formula is C22H25N3O4. The Labute approximate surface area is 168 Å². The van der Waals surface area contributed by atoms with Crippen molar-refractivity contribution in [2.75, 3.05) is 7.11 Å². The molecule has 0 saturated heterocycles. The molecule has 0 radical (unpaired) electrons. The number of amides is 1. The fraction of sp³-hybridized carbons (Fsp3) is 0.364. The summed E-state index contributed by atoms with van der Waals surface area (Å²) in [5, 5.41) is 0. The molecule has 4 rings (SSSR count). The van der Waals surface area contributed by atoms with Crippen LogP contribution in [0.3, 0.4) is 0 Å². The molecule has 3 N–H and O–H groups in total. The first kappa shape index (κ1) is 19.1. The third kappa shape index (κ3) is 3.85. The van der Waals surface area contributed by atoms with Crippen LogP contribution in [0.25, 0.3) is 11.3 Å². The number of ether oxygens (including phenoxy) is 2. The van der Waals surface area contributed by atoms with E-state index in [1.807, 2.05) is 18.2 Å². The van der Waals surface area contributed by atoms with Gasteiger partial charge in [-0.05, 0) is 55.5 Å². The molecule has 1 aromatic rings. The van der Waals surface area contributed by atoms with Crippen molar-refractivity contribution in [3.05, 3.63) is 58.6 Å². The van der Waals surface area contributed by atoms with E-state index in [1.165, 1.54) is 12.8 Å². The molecule has 1 fully saturated rings. The van der Waals surface area contributed by atoms with E-state index in [9.17, 15) is 9.59 Å². The molecule has 7 nitrogen and oxygen atoms in total. The predicted octanol–water partition coefficient (Wildman–Crippen LogP) is 3.08. The number of benzene rings is 1. The normalized spacial score (nSPS) is 15.5. The third-order valence-corrected chi connectivity index (χ3v) is 5.52. The summed E-state index contributed by atoms with van der Waals surface area (Å²) in [6.07, 6.45) is 8.13. The summed E-state index contributed by atoms with van der Waals surface area (Å²) < 4.78 is 13.2. The Hall–Kier alpha value is -3.22. The Balaban J connectivity index is 1.73. The summed E-state index contributed by atoms with van der Waals surface area (Å²) in [5.74, 6) is 0.773. The molecule has 29 heavy (non-hydrogen) atoms. The molecule has 0 spiro atoms. The van der Waals surface area contributed by atoms with Crippen LogP contribution in [0.1, 0.15) is 43.7 Å². The molecule has 2 aliphatic heterocycles. The average Bonchev–Trinajstić information content (AvgIpc) is 3.35. The fourth-order valence-corrected chi connectivity index (χ4v) is 4.05. The number of methoxy groups -OCH3 is 1. The van der Waals surface area contributed by atoms with E-state index in [0.29, 0.717) is 22.8 Å². The highest BCUT2D eigenvalue weighted by Crippen LogP contribution is 2.35. The maximum Gasteiger partial charge on any atom is 0.260 e. The number of carbonyl (C=O) groups excluding carboxylic acids is 1. The van der Waals surface area contributed by atoms with Crippen LogP contribution in [0.4, 0.5) is 0 Å². The maximum atomic E-state index is 12.9. The second-order valence-electron chi connectivity index (χ2n) is 7.46. The van der Waals surface area contributed by atoms with E-state index >= 15 is 0 Å². The summed E-state index contributed by atoms with van der Waals surface area (Å²) in [7, 11) is 1.58. The van der Waals surface area contributed by atoms with Gasteiger partial charge in [-0.3, -0.25) is 9.59 Å². The summed E-state index contributed by atoms with van der Waals surface area (Å²) in [6.45, 7) is 0. The van der Waals surface area contributed by atoms with E-state index in [1.54, 1.807) is 36.2 Å². The highest BCUT2D eigenvalue weighted by Gasteiger charge is 2.24. The number of primary amides is 1. The molecule has 0 bridgehead atoms. The molecule has 1 aliphatic carbocycles. The van der Waals surface area contributed by atoms with Gasteiger partial charge in [0.15, 0.2) is 11.5 Å². The van der Waals surface area contributed by atoms with Crippen LogP contribution in [-0.4, -0.2) is 28.7 Å². The summed E-state index contributed by atoms with van der Waals surface area (Å²) in [5.41, 5.74) is 7.37. The molecule has 152 valence electrons. The topological polar surface area (TPSA) is 99.3 Å². The molecule has 1 atom stereocenters. The van der Waals surface area contributed by atoms with Crippen LogP contribution in [0.5, 0.6) is 11.5 Å². The molecule has 1 aromatic carbocycles. The van der Waals surface area contributed by atoms with Crippen LogP contribution in [-0.2, 0) is 4.79 Å². The largest absolute Gasteiger partial charge is 0.493 e. The quantitative estimate of drug-likeness (QED) is 0.642. The minimum absolute atomic E-state index is 0.00219. The van der Waals surface area contributed by atoms with Crippen LogP contribution >= 0.6 is 0 Å². The molecular weight excluding hydrogens is 370 g/mol. The van der Waals surface area contributed by atoms with Gasteiger partial charge in [-0.25, -0.2) is 0 Å². The lowest BCUT2D eigenvalue weighted by atomic mass is 10.0. The Morgan fingerprint density at radius 1 is 1.28 bits per heavy atom. The highest BCUT2D eigenvalue weighted by molar-refractivity contribution is 5.75. The number of H-pyrrole nitrogens is 1. The highest BCUT2D eigenvalue weighted by atomic mass is 16.5. The number of nitrogens with two attached hydrogens (primary N) is 1. The van der Waals surface area contributed by atoms with Crippen molar-refractivity contribution in [1.82, 2.24) is 9.55 Å². The van der Waals surface area contributed by atoms with Gasteiger partial charge in [0, 0.05) is 12.4 Å². The molecule has 2 heterocycles. The van der Waals surface area contributed by atoms with Crippen LogP contribution in [0, 0.1) is 0 Å². The second kappa shape index (κ2) is 8.03. The van der Waals surface area contributed by atoms with Crippen molar-refractivity contribution in [3.8, 4) is 22.8 Å². The lowest BCUT2D eigenvalue weighted by Gasteiger charge is -2.20. The number of pyridine rings is 1. The lowest BCUT2D eigenvalue weighted by Crippen LogP contribution is -2.26. The second-order valence-corrected chi connectivity index (χ2v) is 7.46. The van der Waals surface area contributed by atoms with Gasteiger partial charge in [-0.1, -0.05) is 6.07 Å². The monoisotopic (exact) mass is 395 g/mol. The first-order valence-electron chi connectivity index (χ1n) is 9.88. The molecule has 0 aromatic heterocycles. The number of nitrogens with zero attached hydrogens (tertiary/aromatic N) is 1. The van der Waals surface area contributed by atoms with Gasteiger partial charge in [0.2, 0.25) is 5.91 Å². The van der Waals surface area contributed by atoms with E-state index < -0.39 is 11.9 Å². The lowest BCUT2D eigenvalue weighted by molar-refractivity contribution is -0.118. The summed E-state index contributed by atoms with van der Waals surface area (Å²) >= 11 is 0. The molecule has 7 heteroatoms. The SMILES string of the molecule is COc1cc(C(CC(N)=O)n2cc3[nH]cccc-3c2=O)ccc1OC1CCCC1. The number of hydrogen-bond acceptors (Lipinski definition) is 4. The Kier molecular flexibility index (Phi) is 5.29. The summed E-state index contributed by atoms with van der Waals surface area (Å²) in [6, 6.07) is 8.54. The number of rotatable bonds is 7. The zero-order valence-electron chi connectivity index (χ0n) is 16.4. The third-order valence-electron chi connectivity index (χ3n) is 5.52. The Morgan fingerprint density at radius 2 is 2.07 bits per heavy atom. The van der Waals surface area contributed by atoms with E-state index in [4.69, 9.17) is 15.2 Å². The number of nitrogens with one attached hydrogen (secondary N) is 1. The first-order chi connectivity index (χ1) is 14.1. The smallest absolute Gasteiger partial charge is 0.260 e. The van der Waals surface area contributed by atoms with Gasteiger partial charge in [-0.15, -0.1) is 0 Å². The minimum Gasteiger partial charge on any atom is -0.493 e. The average molecular weight is 395 g/mol. The molecule has 3 aliphatic rings. The van der Waals surface area contributed by atoms with Gasteiger partial charge in [0.25, 0.3) is 5.56 Å². The van der Waals surface area contributed by atoms with E-state index in [-0.39, 0.29) is 18.1 Å². The molecule has 1 unspecified atom stereocenters. The van der Waals surface area contributed by atoms with Crippen molar-refractivity contribution < 1.29 is 14.3 Å². The number of aromatic amines is 1. The van der Waals surface area contributed by atoms with Gasteiger partial charge in [-0.2, -0.15) is 0 Å². The van der Waals surface area contributed by atoms with Crippen molar-refractivity contribution in [3.63, 3.8) is 0 Å². The zero-order valence-corrected chi connectivity index (χ0v) is 16.4. The number of aromatic nitrogens is 2. The van der Waals surface area contributed by atoms with E-state index in [0.717, 1.165) is 18.4 Å². The Morgan fingerprint density at radius 3 is 2.76 bits per heavy atom. The maximum absolute atomic E-state index is 12.9. The van der Waals surface area contributed by atoms with Gasteiger partial charge >= 0.3 is 0 Å². The Bertz CT molecular complexity index is 1030. The predicted molar refractivity (Wildman–Crippen MR) is 110 cm³/mol. The van der Waals surface area contributed by atoms with Crippen LogP contribution < -0.4 is 20.8 Å². The van der Waals surface area contributed by atoms with Crippen molar-refractivity contribution in [2.45, 2.75) is 44.2 Å². The molecule has 1 amide bonds. The first-order valence-corrected chi connectivity index (χ1v) is 9.88. The molecule has 1 saturated carbocycles. The number of hydrogen-bond donors (Lipinski definition) is 2. The zero-order chi connectivity index (χ0) is 20.4. The van der Waals surface area contributed by atoms with Crippen molar-refractivity contribution in [1.29, 1.82) is 0 Å². The van der Waals surface area contributed by atoms with Crippen LogP contribution in [0.2, 0.25) is 0 Å². The standard InChI is InChI=1S/C22H25N3O4/c1-28-20-11-14(8-9-19(20)29-15-5-2-3-6-15)18(12-21(23)26)25-13-17-16(22(25)27)7-4-10-24-17/h4,7-11,13,15,18,24H,2-3,5-6,12H2,1H3,(H2,23,26). The van der Waals surface area contributed by atoms with Gasteiger partial charge in [0.1, 0.15) is 0 Å². The van der Waals surface area contributed by atoms with Crippen molar-refractivity contribution >= 4 is 5.91 Å². The van der Waals surface area contributed by atoms with Crippen LogP contribution in [0.15, 0.2) is 47.5 Å². The number of fused-ring (bicyclic) bond motifs is 1. The van der Waals surface area contributed by atoms with Crippen molar-refractivity contribution in [2.24, 2.45) is 5.73 Å². The van der Waals surface area contributed by atoms with E-state index in [2.05, 4.69) is 4.98 Å². The minimum atomic E-state index is -0.532. The van der Waals surface area contributed by atoms with Gasteiger partial charge < -0.3 is 24.8 Å². The fourth-order valence-electron chi connectivity index (χ4n) is 4.05.